The molecule has 0 spiro atoms. The zero-order valence-corrected chi connectivity index (χ0v) is 18.1. The smallest absolute Gasteiger partial charge is 0.242 e. The predicted octanol–water partition coefficient (Wildman–Crippen LogP) is 5.38. The molecule has 0 aliphatic rings. The van der Waals surface area contributed by atoms with E-state index in [1.54, 1.807) is 31.2 Å². The summed E-state index contributed by atoms with van der Waals surface area (Å²) in [6.45, 7) is 7.42. The SMILES string of the molecule is CC[P+](=O)OCc1ccc([C@@H](NS(=O)C(C)(C)C)c2ccc(F)cc2F)cc1. The third-order valence-corrected chi connectivity index (χ3v) is 6.50. The van der Waals surface area contributed by atoms with Crippen LogP contribution in [0.2, 0.25) is 0 Å². The Morgan fingerprint density at radius 1 is 1.14 bits per heavy atom. The van der Waals surface area contributed by atoms with Crippen LogP contribution in [0.4, 0.5) is 8.78 Å². The van der Waals surface area contributed by atoms with Crippen LogP contribution in [0, 0.1) is 11.6 Å². The van der Waals surface area contributed by atoms with Crippen molar-refractivity contribution in [1.29, 1.82) is 0 Å². The molecule has 28 heavy (non-hydrogen) atoms. The van der Waals surface area contributed by atoms with E-state index in [1.807, 2.05) is 20.8 Å². The summed E-state index contributed by atoms with van der Waals surface area (Å²) in [5.41, 5.74) is 1.69. The van der Waals surface area contributed by atoms with E-state index >= 15 is 0 Å². The van der Waals surface area contributed by atoms with Gasteiger partial charge in [0.15, 0.2) is 6.16 Å². The molecule has 0 heterocycles. The van der Waals surface area contributed by atoms with Gasteiger partial charge in [-0.1, -0.05) is 30.3 Å². The Morgan fingerprint density at radius 3 is 2.32 bits per heavy atom. The molecule has 2 aromatic carbocycles. The molecule has 2 aromatic rings. The molecular weight excluding hydrogens is 403 g/mol. The average molecular weight is 428 g/mol. The van der Waals surface area contributed by atoms with Gasteiger partial charge in [-0.15, -0.1) is 4.52 Å². The lowest BCUT2D eigenvalue weighted by atomic mass is 9.98. The van der Waals surface area contributed by atoms with Crippen molar-refractivity contribution in [1.82, 2.24) is 4.72 Å². The highest BCUT2D eigenvalue weighted by molar-refractivity contribution is 7.84. The first-order chi connectivity index (χ1) is 13.1. The number of hydrogen-bond donors (Lipinski definition) is 1. The Bertz CT molecular complexity index is 854. The molecule has 0 aliphatic carbocycles. The molecule has 0 fully saturated rings. The first kappa shape index (κ1) is 22.8. The van der Waals surface area contributed by atoms with Crippen LogP contribution in [0.15, 0.2) is 42.5 Å². The minimum absolute atomic E-state index is 0.206. The van der Waals surface area contributed by atoms with Gasteiger partial charge in [0.25, 0.3) is 0 Å². The van der Waals surface area contributed by atoms with Gasteiger partial charge in [0, 0.05) is 11.6 Å². The minimum atomic E-state index is -1.68. The van der Waals surface area contributed by atoms with Gasteiger partial charge in [-0.05, 0) is 49.5 Å². The molecule has 8 heteroatoms. The van der Waals surface area contributed by atoms with Crippen LogP contribution < -0.4 is 4.72 Å². The lowest BCUT2D eigenvalue weighted by molar-refractivity contribution is 0.319. The van der Waals surface area contributed by atoms with E-state index in [9.17, 15) is 17.6 Å². The molecule has 0 saturated carbocycles. The van der Waals surface area contributed by atoms with Gasteiger partial charge in [-0.25, -0.2) is 17.7 Å². The zero-order chi connectivity index (χ0) is 20.9. The molecule has 0 radical (unpaired) electrons. The molecule has 0 aromatic heterocycles. The van der Waals surface area contributed by atoms with Crippen molar-refractivity contribution in [2.75, 3.05) is 6.16 Å². The molecule has 0 saturated heterocycles. The maximum Gasteiger partial charge on any atom is 0.508 e. The summed E-state index contributed by atoms with van der Waals surface area (Å²) in [4.78, 5) is 0. The number of halogens is 2. The fraction of sp³-hybridized carbons (Fsp3) is 0.400. The highest BCUT2D eigenvalue weighted by Crippen LogP contribution is 2.28. The fourth-order valence-electron chi connectivity index (χ4n) is 2.37. The molecule has 4 nitrogen and oxygen atoms in total. The summed E-state index contributed by atoms with van der Waals surface area (Å²) in [6, 6.07) is 9.71. The summed E-state index contributed by atoms with van der Waals surface area (Å²) < 4.78 is 59.5. The summed E-state index contributed by atoms with van der Waals surface area (Å²) >= 11 is 0. The molecule has 0 aliphatic heterocycles. The Hall–Kier alpha value is -1.53. The van der Waals surface area contributed by atoms with E-state index in [-0.39, 0.29) is 12.2 Å². The van der Waals surface area contributed by atoms with Crippen molar-refractivity contribution in [2.24, 2.45) is 0 Å². The Labute approximate surface area is 168 Å². The maximum atomic E-state index is 14.4. The zero-order valence-electron chi connectivity index (χ0n) is 16.4. The monoisotopic (exact) mass is 428 g/mol. The van der Waals surface area contributed by atoms with Crippen LogP contribution in [0.3, 0.4) is 0 Å². The van der Waals surface area contributed by atoms with Crippen LogP contribution in [0.1, 0.15) is 50.4 Å². The van der Waals surface area contributed by atoms with Gasteiger partial charge in [0.2, 0.25) is 0 Å². The van der Waals surface area contributed by atoms with Crippen molar-refractivity contribution in [3.8, 4) is 0 Å². The quantitative estimate of drug-likeness (QED) is 0.574. The largest absolute Gasteiger partial charge is 0.508 e. The van der Waals surface area contributed by atoms with Gasteiger partial charge in [-0.3, -0.25) is 0 Å². The van der Waals surface area contributed by atoms with E-state index < -0.39 is 41.4 Å². The van der Waals surface area contributed by atoms with Crippen molar-refractivity contribution >= 4 is 19.0 Å². The lowest BCUT2D eigenvalue weighted by Gasteiger charge is -2.25. The number of benzene rings is 2. The van der Waals surface area contributed by atoms with Gasteiger partial charge < -0.3 is 0 Å². The van der Waals surface area contributed by atoms with E-state index in [1.165, 1.54) is 12.1 Å². The molecule has 152 valence electrons. The first-order valence-electron chi connectivity index (χ1n) is 8.91. The Morgan fingerprint density at radius 2 is 1.79 bits per heavy atom. The standard InChI is InChI=1S/C20H25F2NO3PS/c1-5-27(24)26-13-14-6-8-15(9-7-14)19(23-28(25)20(2,3)4)17-11-10-16(21)12-18(17)22/h6-12,19,23H,5,13H2,1-4H3/q+1/t19-,28?/m1/s1. The topological polar surface area (TPSA) is 55.4 Å². The van der Waals surface area contributed by atoms with Crippen LogP contribution in [0.5, 0.6) is 0 Å². The maximum absolute atomic E-state index is 14.4. The van der Waals surface area contributed by atoms with Crippen molar-refractivity contribution in [3.63, 3.8) is 0 Å². The molecule has 2 rings (SSSR count). The predicted molar refractivity (Wildman–Crippen MR) is 109 cm³/mol. The highest BCUT2D eigenvalue weighted by atomic mass is 32.2. The minimum Gasteiger partial charge on any atom is -0.242 e. The van der Waals surface area contributed by atoms with Crippen molar-refractivity contribution in [2.45, 2.75) is 45.1 Å². The highest BCUT2D eigenvalue weighted by Gasteiger charge is 2.26. The van der Waals surface area contributed by atoms with Crippen LogP contribution in [-0.2, 0) is 26.7 Å². The fourth-order valence-corrected chi connectivity index (χ4v) is 3.68. The van der Waals surface area contributed by atoms with Gasteiger partial charge in [-0.2, -0.15) is 0 Å². The van der Waals surface area contributed by atoms with E-state index in [4.69, 9.17) is 4.52 Å². The summed E-state index contributed by atoms with van der Waals surface area (Å²) in [7, 11) is -3.15. The third-order valence-electron chi connectivity index (χ3n) is 4.00. The number of rotatable bonds is 8. The van der Waals surface area contributed by atoms with Gasteiger partial charge in [0.1, 0.15) is 18.2 Å². The second-order valence-corrected chi connectivity index (χ2v) is 10.8. The van der Waals surface area contributed by atoms with E-state index in [0.29, 0.717) is 11.7 Å². The van der Waals surface area contributed by atoms with Crippen LogP contribution in [-0.4, -0.2) is 15.1 Å². The molecule has 0 bridgehead atoms. The second-order valence-electron chi connectivity index (χ2n) is 7.26. The number of hydrogen-bond acceptors (Lipinski definition) is 3. The molecular formula is C20H25F2NO3PS+. The molecule has 1 N–H and O–H groups in total. The summed E-state index contributed by atoms with van der Waals surface area (Å²) in [6.07, 6.45) is 0.446. The van der Waals surface area contributed by atoms with Crippen LogP contribution >= 0.6 is 8.03 Å². The third kappa shape index (κ3) is 6.24. The summed E-state index contributed by atoms with van der Waals surface area (Å²) in [5, 5.41) is 0. The molecule has 3 atom stereocenters. The normalized spacial score (nSPS) is 14.6. The van der Waals surface area contributed by atoms with Crippen molar-refractivity contribution < 1.29 is 22.1 Å². The lowest BCUT2D eigenvalue weighted by Crippen LogP contribution is -2.36. The average Bonchev–Trinajstić information content (AvgIpc) is 2.64. The van der Waals surface area contributed by atoms with Gasteiger partial charge >= 0.3 is 8.03 Å². The van der Waals surface area contributed by atoms with Crippen LogP contribution in [0.25, 0.3) is 0 Å². The first-order valence-corrected chi connectivity index (χ1v) is 11.4. The summed E-state index contributed by atoms with van der Waals surface area (Å²) in [5.74, 6) is -1.38. The Balaban J connectivity index is 2.33. The number of nitrogens with one attached hydrogen (secondary N) is 1. The van der Waals surface area contributed by atoms with E-state index in [0.717, 1.165) is 11.6 Å². The molecule has 0 amide bonds. The Kier molecular flexibility index (Phi) is 7.96. The van der Waals surface area contributed by atoms with E-state index in [2.05, 4.69) is 4.72 Å². The second kappa shape index (κ2) is 9.79. The van der Waals surface area contributed by atoms with Crippen molar-refractivity contribution in [3.05, 3.63) is 70.8 Å². The van der Waals surface area contributed by atoms with Gasteiger partial charge in [0.05, 0.1) is 21.8 Å². The molecule has 2 unspecified atom stereocenters.